The van der Waals surface area contributed by atoms with Crippen molar-refractivity contribution in [2.75, 3.05) is 7.11 Å². The van der Waals surface area contributed by atoms with Gasteiger partial charge in [-0.25, -0.2) is 15.0 Å². The third kappa shape index (κ3) is 30.5. The molecule has 0 saturated carbocycles. The molecule has 134 heavy (non-hydrogen) atoms. The Labute approximate surface area is 816 Å². The number of methoxy groups -OCH3 is 1. The molecule has 16 rings (SSSR count). The zero-order chi connectivity index (χ0) is 96.5. The van der Waals surface area contributed by atoms with E-state index in [2.05, 4.69) is 115 Å². The van der Waals surface area contributed by atoms with Gasteiger partial charge in [-0.2, -0.15) is 20.7 Å². The fourth-order valence-electron chi connectivity index (χ4n) is 12.2. The third-order valence-corrected chi connectivity index (χ3v) is 21.4. The van der Waals surface area contributed by atoms with Crippen molar-refractivity contribution >= 4 is 190 Å². The molecule has 9 N–H and O–H groups in total. The highest BCUT2D eigenvalue weighted by Crippen LogP contribution is 2.36. The first-order valence-electron chi connectivity index (χ1n) is 40.4. The van der Waals surface area contributed by atoms with Gasteiger partial charge in [0.15, 0.2) is 5.82 Å². The summed E-state index contributed by atoms with van der Waals surface area (Å²) in [5.41, 5.74) is 21.3. The Morgan fingerprint density at radius 2 is 0.731 bits per heavy atom. The number of hydrogen-bond donors (Lipinski definition) is 9. The van der Waals surface area contributed by atoms with E-state index in [-0.39, 0.29) is 40.2 Å². The molecule has 0 saturated heterocycles. The van der Waals surface area contributed by atoms with Crippen LogP contribution in [-0.4, -0.2) is 117 Å². The van der Waals surface area contributed by atoms with Gasteiger partial charge < -0.3 is 45.5 Å². The number of nitrogens with one attached hydrogen (secondary N) is 2. The van der Waals surface area contributed by atoms with Crippen LogP contribution in [0.1, 0.15) is 100 Å². The van der Waals surface area contributed by atoms with E-state index in [0.717, 1.165) is 106 Å². The summed E-state index contributed by atoms with van der Waals surface area (Å²) < 4.78 is 6.42. The van der Waals surface area contributed by atoms with Crippen LogP contribution in [0.2, 0.25) is 25.1 Å². The van der Waals surface area contributed by atoms with Crippen LogP contribution in [0.4, 0.5) is 34.3 Å². The average Bonchev–Trinajstić information content (AvgIpc) is 1.70. The van der Waals surface area contributed by atoms with E-state index in [1.807, 2.05) is 212 Å². The van der Waals surface area contributed by atoms with Crippen molar-refractivity contribution in [2.24, 2.45) is 34.9 Å². The zero-order valence-electron chi connectivity index (χ0n) is 73.1. The number of aromatic nitrogens is 6. The van der Waals surface area contributed by atoms with Gasteiger partial charge >= 0.3 is 0 Å². The van der Waals surface area contributed by atoms with Crippen molar-refractivity contribution in [3.63, 3.8) is 0 Å². The van der Waals surface area contributed by atoms with Crippen LogP contribution in [0.5, 0.6) is 46.0 Å². The summed E-state index contributed by atoms with van der Waals surface area (Å²) in [6.45, 7) is 14.0. The number of benzene rings is 13. The van der Waals surface area contributed by atoms with Crippen molar-refractivity contribution in [3.05, 3.63) is 383 Å². The standard InChI is InChI=1S/C16H12BrNO.C16H16ClNO2.C16H12ClNO.C15H12ClN3O.C15H11ClN2O.C14H11ClN4O.C13H11BrN2O/c1-3-12-5-4-6-14(9-12)18-10-13-7-11(2)8-15(17)16(13)19;1-11-7-13(16(19)15(17)8-11)10-18-9-12-3-5-14(20-2)6-4-12;1-3-12-5-4-6-14(9-12)18-10-13-7-11(2)8-15(17)16(13)19;1-9-4-10(15(20)12(16)5-9)7-17-11-2-3-13-14(6-11)19-8-18-13;1-10-5-12(15(19)14(16)6-10)9-18-13-4-2-3-11(7-13)8-17;1-8-4-9(14(20)11(15)5-8)7-16-10-2-3-12-13(6-10)18-19-17-12;1-9-6-10(13(17)11(14)7-9)8-16-12-4-2-3-5-15-12/h1,4-10,19H,2H3;3-8,10,19H,9H2,1-2H3;1,4-10,19H,2H3;2-8,20H,1H3,(H,18,19);2-7,9,19H,1H3;2-7,20H,1H3,(H,17,18,19);2-8,17H,1H3. The molecule has 0 atom stereocenters. The number of phenols is 7. The van der Waals surface area contributed by atoms with E-state index in [9.17, 15) is 35.7 Å². The number of rotatable bonds is 16. The van der Waals surface area contributed by atoms with Crippen LogP contribution in [0, 0.1) is 84.5 Å². The van der Waals surface area contributed by atoms with Crippen LogP contribution in [-0.2, 0) is 6.54 Å². The van der Waals surface area contributed by atoms with Crippen molar-refractivity contribution in [1.29, 1.82) is 5.26 Å². The van der Waals surface area contributed by atoms with Crippen LogP contribution < -0.4 is 4.74 Å². The predicted molar refractivity (Wildman–Crippen MR) is 552 cm³/mol. The van der Waals surface area contributed by atoms with Gasteiger partial charge in [0, 0.05) is 99.8 Å². The number of nitriles is 1. The third-order valence-electron chi connectivity index (χ3n) is 18.8. The van der Waals surface area contributed by atoms with Gasteiger partial charge in [0.25, 0.3) is 0 Å². The second-order valence-corrected chi connectivity index (χ2v) is 33.2. The fourth-order valence-corrected chi connectivity index (χ4v) is 14.8. The molecular formula is C105H85Br2Cl5N14O8. The van der Waals surface area contributed by atoms with E-state index in [4.69, 9.17) is 80.9 Å². The van der Waals surface area contributed by atoms with E-state index < -0.39 is 0 Å². The highest BCUT2D eigenvalue weighted by atomic mass is 79.9. The molecule has 22 nitrogen and oxygen atoms in total. The SMILES string of the molecule is C#Cc1cccc(N=Cc2cc(C)cc(Br)c2O)c1.C#Cc1cccc(N=Cc2cc(C)cc(Cl)c2O)c1.COc1ccc(CN=Cc2cc(C)cc(Cl)c2O)cc1.Cc1cc(Br)c(O)c(C=Nc2ccccn2)c1.Cc1cc(Cl)c(O)c(C=Nc2ccc3n[nH]nc3c2)c1.Cc1cc(Cl)c(O)c(C=Nc2ccc3nc[nH]c3c2)c1.Cc1cc(Cl)c(O)c(C=Nc2cccc(C#N)c2)c1. The number of aromatic hydroxyl groups is 7. The molecule has 0 unspecified atom stereocenters. The maximum Gasteiger partial charge on any atom is 0.151 e. The minimum Gasteiger partial charge on any atom is -0.506 e. The number of halogens is 7. The quantitative estimate of drug-likeness (QED) is 0.0321. The van der Waals surface area contributed by atoms with Crippen LogP contribution in [0.3, 0.4) is 0 Å². The maximum atomic E-state index is 9.93. The minimum atomic E-state index is 0.00690. The number of H-pyrrole nitrogens is 2. The largest absolute Gasteiger partial charge is 0.506 e. The number of nitrogens with zero attached hydrogens (tertiary/aromatic N) is 12. The minimum absolute atomic E-state index is 0.00690. The Bertz CT molecular complexity index is 6820. The van der Waals surface area contributed by atoms with E-state index >= 15 is 0 Å². The second-order valence-electron chi connectivity index (χ2n) is 29.5. The molecule has 672 valence electrons. The molecule has 29 heteroatoms. The number of aliphatic imine (C=N–C) groups is 7. The molecule has 0 fully saturated rings. The van der Waals surface area contributed by atoms with Gasteiger partial charge in [0.05, 0.1) is 105 Å². The van der Waals surface area contributed by atoms with Crippen molar-refractivity contribution < 1.29 is 40.5 Å². The molecule has 0 aliphatic rings. The summed E-state index contributed by atoms with van der Waals surface area (Å²) >= 11 is 36.2. The predicted octanol–water partition coefficient (Wildman–Crippen LogP) is 27.2. The summed E-state index contributed by atoms with van der Waals surface area (Å²) in [6.07, 6.45) is 25.2. The lowest BCUT2D eigenvalue weighted by Gasteiger charge is -2.04. The molecule has 0 amide bonds. The molecule has 16 aromatic rings. The topological polar surface area (TPSA) is 344 Å². The molecule has 0 aliphatic heterocycles. The highest BCUT2D eigenvalue weighted by molar-refractivity contribution is 9.11. The number of fused-ring (bicyclic) bond motifs is 2. The first-order chi connectivity index (χ1) is 64.3. The molecule has 3 heterocycles. The fraction of sp³-hybridized carbons (Fsp3) is 0.0857. The lowest BCUT2D eigenvalue weighted by atomic mass is 10.1. The average molecular weight is 2010 g/mol. The van der Waals surface area contributed by atoms with Crippen molar-refractivity contribution in [2.45, 2.75) is 55.0 Å². The first-order valence-corrected chi connectivity index (χ1v) is 43.9. The van der Waals surface area contributed by atoms with Crippen LogP contribution in [0.25, 0.3) is 22.1 Å². The maximum absolute atomic E-state index is 9.93. The van der Waals surface area contributed by atoms with Gasteiger partial charge in [-0.05, 0) is 325 Å². The number of phenolic OH excluding ortho intramolecular Hbond substituents is 7. The number of imidazole rings is 1. The molecule has 0 aliphatic carbocycles. The number of ether oxygens (including phenoxy) is 1. The number of hydrogen-bond acceptors (Lipinski definition) is 20. The summed E-state index contributed by atoms with van der Waals surface area (Å²) in [5, 5.41) is 90.0. The summed E-state index contributed by atoms with van der Waals surface area (Å²) in [5.74, 6) is 7.10. The lowest BCUT2D eigenvalue weighted by molar-refractivity contribution is 0.414. The second kappa shape index (κ2) is 49.8. The highest BCUT2D eigenvalue weighted by Gasteiger charge is 2.13. The van der Waals surface area contributed by atoms with E-state index in [1.54, 1.807) is 130 Å². The smallest absolute Gasteiger partial charge is 0.151 e. The van der Waals surface area contributed by atoms with Gasteiger partial charge in [-0.3, -0.25) is 30.0 Å². The van der Waals surface area contributed by atoms with Crippen molar-refractivity contribution in [3.8, 4) is 76.8 Å². The monoisotopic (exact) mass is 2000 g/mol. The molecule has 0 bridgehead atoms. The zero-order valence-corrected chi connectivity index (χ0v) is 80.1. The Kier molecular flexibility index (Phi) is 37.6. The Hall–Kier alpha value is -15.0. The van der Waals surface area contributed by atoms with E-state index in [0.29, 0.717) is 96.6 Å². The number of pyridine rings is 1. The Balaban J connectivity index is 0.000000162. The van der Waals surface area contributed by atoms with Crippen LogP contribution >= 0.6 is 89.9 Å². The summed E-state index contributed by atoms with van der Waals surface area (Å²) in [6, 6.07) is 73.1. The number of aryl methyl sites for hydroxylation is 7. The van der Waals surface area contributed by atoms with Gasteiger partial charge in [0.2, 0.25) is 0 Å². The Morgan fingerprint density at radius 1 is 0.373 bits per heavy atom. The molecule has 0 spiro atoms. The molecule has 3 aromatic heterocycles. The van der Waals surface area contributed by atoms with Gasteiger partial charge in [0.1, 0.15) is 57.0 Å². The summed E-state index contributed by atoms with van der Waals surface area (Å²) in [7, 11) is 1.64. The normalized spacial score (nSPS) is 11.0. The molecule has 0 radical (unpaired) electrons. The number of aromatic amines is 2. The van der Waals surface area contributed by atoms with Crippen molar-refractivity contribution in [1.82, 2.24) is 30.4 Å². The van der Waals surface area contributed by atoms with Gasteiger partial charge in [-0.15, -0.1) is 12.8 Å². The van der Waals surface area contributed by atoms with E-state index in [1.165, 1.54) is 6.21 Å². The van der Waals surface area contributed by atoms with Gasteiger partial charge in [-0.1, -0.05) is 106 Å². The first kappa shape index (κ1) is 101. The summed E-state index contributed by atoms with van der Waals surface area (Å²) in [4.78, 5) is 41.3. The molecule has 13 aromatic carbocycles. The Morgan fingerprint density at radius 3 is 1.13 bits per heavy atom. The number of terminal acetylenes is 2. The van der Waals surface area contributed by atoms with Crippen LogP contribution in [0.15, 0.2) is 293 Å². The lowest BCUT2D eigenvalue weighted by Crippen LogP contribution is -1.88. The molecular weight excluding hydrogens is 1920 g/mol.